The lowest BCUT2D eigenvalue weighted by Gasteiger charge is -2.19. The van der Waals surface area contributed by atoms with Crippen molar-refractivity contribution in [1.82, 2.24) is 4.90 Å². The van der Waals surface area contributed by atoms with Gasteiger partial charge in [-0.05, 0) is 37.5 Å². The number of imide groups is 1. The van der Waals surface area contributed by atoms with Crippen LogP contribution in [0.3, 0.4) is 0 Å². The Kier molecular flexibility index (Phi) is 4.15. The molecule has 0 spiro atoms. The molecular formula is C17H19FN2O3. The fraction of sp³-hybridized carbons (Fsp3) is 0.471. The lowest BCUT2D eigenvalue weighted by atomic mass is 9.81. The molecule has 3 amide bonds. The minimum Gasteiger partial charge on any atom is -0.322 e. The number of carbonyl (C=O) groups excluding carboxylic acids is 3. The first-order valence-electron chi connectivity index (χ1n) is 7.88. The number of anilines is 1. The zero-order chi connectivity index (χ0) is 16.6. The second-order valence-corrected chi connectivity index (χ2v) is 6.29. The molecule has 0 radical (unpaired) electrons. The van der Waals surface area contributed by atoms with Gasteiger partial charge in [0.15, 0.2) is 0 Å². The molecule has 2 aliphatic rings. The van der Waals surface area contributed by atoms with Crippen molar-refractivity contribution < 1.29 is 18.8 Å². The Morgan fingerprint density at radius 3 is 2.39 bits per heavy atom. The highest BCUT2D eigenvalue weighted by Gasteiger charge is 2.48. The molecule has 1 heterocycles. The maximum Gasteiger partial charge on any atom is 0.244 e. The highest BCUT2D eigenvalue weighted by Crippen LogP contribution is 2.37. The molecule has 0 bridgehead atoms. The Morgan fingerprint density at radius 1 is 1.22 bits per heavy atom. The zero-order valence-electron chi connectivity index (χ0n) is 13.0. The third-order valence-corrected chi connectivity index (χ3v) is 4.63. The van der Waals surface area contributed by atoms with Crippen molar-refractivity contribution in [1.29, 1.82) is 0 Å². The predicted molar refractivity (Wildman–Crippen MR) is 81.9 cm³/mol. The van der Waals surface area contributed by atoms with E-state index in [0.717, 1.165) is 23.3 Å². The van der Waals surface area contributed by atoms with Gasteiger partial charge in [-0.1, -0.05) is 18.9 Å². The summed E-state index contributed by atoms with van der Waals surface area (Å²) in [5.74, 6) is -2.18. The number of likely N-dealkylation sites (tertiary alicyclic amines) is 1. The second kappa shape index (κ2) is 6.10. The van der Waals surface area contributed by atoms with Crippen LogP contribution in [0.2, 0.25) is 0 Å². The zero-order valence-corrected chi connectivity index (χ0v) is 13.0. The lowest BCUT2D eigenvalue weighted by Crippen LogP contribution is -2.38. The van der Waals surface area contributed by atoms with E-state index in [1.807, 2.05) is 0 Å². The highest BCUT2D eigenvalue weighted by atomic mass is 19.1. The number of hydrogen-bond acceptors (Lipinski definition) is 3. The first-order chi connectivity index (χ1) is 11.0. The number of halogens is 1. The van der Waals surface area contributed by atoms with Crippen molar-refractivity contribution in [2.24, 2.45) is 11.8 Å². The molecule has 3 rings (SSSR count). The summed E-state index contributed by atoms with van der Waals surface area (Å²) in [6.07, 6.45) is 3.30. The maximum atomic E-state index is 13.8. The van der Waals surface area contributed by atoms with Gasteiger partial charge >= 0.3 is 0 Å². The molecule has 0 aromatic heterocycles. The van der Waals surface area contributed by atoms with Crippen molar-refractivity contribution in [2.75, 3.05) is 11.9 Å². The topological polar surface area (TPSA) is 66.5 Å². The van der Waals surface area contributed by atoms with Gasteiger partial charge in [0.05, 0.1) is 17.5 Å². The van der Waals surface area contributed by atoms with Crippen LogP contribution >= 0.6 is 0 Å². The Labute approximate surface area is 133 Å². The van der Waals surface area contributed by atoms with E-state index < -0.39 is 11.7 Å². The molecule has 6 heteroatoms. The van der Waals surface area contributed by atoms with E-state index in [1.54, 1.807) is 13.0 Å². The monoisotopic (exact) mass is 318 g/mol. The predicted octanol–water partition coefficient (Wildman–Crippen LogP) is 2.25. The van der Waals surface area contributed by atoms with Gasteiger partial charge in [0, 0.05) is 0 Å². The van der Waals surface area contributed by atoms with Crippen LogP contribution in [0.15, 0.2) is 18.2 Å². The second-order valence-electron chi connectivity index (χ2n) is 6.29. The summed E-state index contributed by atoms with van der Waals surface area (Å²) >= 11 is 0. The fourth-order valence-corrected chi connectivity index (χ4v) is 3.44. The van der Waals surface area contributed by atoms with Gasteiger partial charge < -0.3 is 5.32 Å². The largest absolute Gasteiger partial charge is 0.322 e. The third-order valence-electron chi connectivity index (χ3n) is 4.63. The molecule has 1 N–H and O–H groups in total. The summed E-state index contributed by atoms with van der Waals surface area (Å²) in [5.41, 5.74) is 0.798. The summed E-state index contributed by atoms with van der Waals surface area (Å²) in [7, 11) is 0. The van der Waals surface area contributed by atoms with E-state index in [9.17, 15) is 18.8 Å². The molecule has 0 unspecified atom stereocenters. The summed E-state index contributed by atoms with van der Waals surface area (Å²) in [6, 6.07) is 4.46. The van der Waals surface area contributed by atoms with Crippen molar-refractivity contribution >= 4 is 23.4 Å². The lowest BCUT2D eigenvalue weighted by molar-refractivity contribution is -0.142. The van der Waals surface area contributed by atoms with Crippen molar-refractivity contribution in [3.63, 3.8) is 0 Å². The van der Waals surface area contributed by atoms with Crippen LogP contribution < -0.4 is 5.32 Å². The molecule has 23 heavy (non-hydrogen) atoms. The quantitative estimate of drug-likeness (QED) is 0.869. The van der Waals surface area contributed by atoms with E-state index in [2.05, 4.69) is 5.32 Å². The van der Waals surface area contributed by atoms with Crippen molar-refractivity contribution in [3.8, 4) is 0 Å². The van der Waals surface area contributed by atoms with E-state index in [1.165, 1.54) is 12.1 Å². The smallest absolute Gasteiger partial charge is 0.244 e. The molecule has 2 fully saturated rings. The van der Waals surface area contributed by atoms with E-state index >= 15 is 0 Å². The molecule has 1 aromatic carbocycles. The van der Waals surface area contributed by atoms with Crippen molar-refractivity contribution in [3.05, 3.63) is 29.6 Å². The number of nitrogens with zero attached hydrogens (tertiary/aromatic N) is 1. The maximum absolute atomic E-state index is 13.8. The number of aryl methyl sites for hydroxylation is 1. The minimum absolute atomic E-state index is 0.0529. The number of fused-ring (bicyclic) bond motifs is 1. The Hall–Kier alpha value is -2.24. The van der Waals surface area contributed by atoms with E-state index in [0.29, 0.717) is 12.8 Å². The Balaban J connectivity index is 1.68. The molecule has 1 saturated carbocycles. The molecular weight excluding hydrogens is 299 g/mol. The van der Waals surface area contributed by atoms with Crippen LogP contribution in [-0.2, 0) is 14.4 Å². The summed E-state index contributed by atoms with van der Waals surface area (Å²) < 4.78 is 13.8. The number of rotatable bonds is 3. The standard InChI is InChI=1S/C17H19FN2O3/c1-10-6-7-14(13(18)8-10)19-15(21)9-20-16(22)11-4-2-3-5-12(11)17(20)23/h6-8,11-12H,2-5,9H2,1H3,(H,19,21)/t11-,12-/m0/s1. The van der Waals surface area contributed by atoms with Gasteiger partial charge in [-0.3, -0.25) is 19.3 Å². The van der Waals surface area contributed by atoms with Gasteiger partial charge in [0.2, 0.25) is 17.7 Å². The molecule has 2 atom stereocenters. The van der Waals surface area contributed by atoms with Gasteiger partial charge in [-0.25, -0.2) is 4.39 Å². The van der Waals surface area contributed by atoms with Crippen LogP contribution in [0.25, 0.3) is 0 Å². The number of nitrogens with one attached hydrogen (secondary N) is 1. The van der Waals surface area contributed by atoms with Crippen LogP contribution in [0.4, 0.5) is 10.1 Å². The third kappa shape index (κ3) is 2.98. The first kappa shape index (κ1) is 15.6. The van der Waals surface area contributed by atoms with Crippen LogP contribution in [0.1, 0.15) is 31.2 Å². The van der Waals surface area contributed by atoms with Gasteiger partial charge in [0.25, 0.3) is 0 Å². The number of carbonyl (C=O) groups is 3. The van der Waals surface area contributed by atoms with Crippen LogP contribution in [0.5, 0.6) is 0 Å². The normalized spacial score (nSPS) is 23.8. The highest BCUT2D eigenvalue weighted by molar-refractivity contribution is 6.08. The SMILES string of the molecule is Cc1ccc(NC(=O)CN2C(=O)[C@H]3CCCC[C@@H]3C2=O)c(F)c1. The number of benzene rings is 1. The molecule has 1 aromatic rings. The van der Waals surface area contributed by atoms with Gasteiger partial charge in [-0.2, -0.15) is 0 Å². The van der Waals surface area contributed by atoms with E-state index in [-0.39, 0.29) is 35.9 Å². The van der Waals surface area contributed by atoms with E-state index in [4.69, 9.17) is 0 Å². The van der Waals surface area contributed by atoms with Gasteiger partial charge in [-0.15, -0.1) is 0 Å². The number of amides is 3. The van der Waals surface area contributed by atoms with Gasteiger partial charge in [0.1, 0.15) is 12.4 Å². The molecule has 122 valence electrons. The van der Waals surface area contributed by atoms with Crippen molar-refractivity contribution in [2.45, 2.75) is 32.6 Å². The first-order valence-corrected chi connectivity index (χ1v) is 7.88. The van der Waals surface area contributed by atoms with Crippen LogP contribution in [0, 0.1) is 24.6 Å². The Bertz CT molecular complexity index is 650. The number of hydrogen-bond donors (Lipinski definition) is 1. The fourth-order valence-electron chi connectivity index (χ4n) is 3.44. The average Bonchev–Trinajstić information content (AvgIpc) is 2.76. The molecule has 5 nitrogen and oxygen atoms in total. The average molecular weight is 318 g/mol. The summed E-state index contributed by atoms with van der Waals surface area (Å²) in [5, 5.41) is 2.43. The Morgan fingerprint density at radius 2 is 1.83 bits per heavy atom. The molecule has 1 aliphatic heterocycles. The molecule has 1 saturated heterocycles. The molecule has 1 aliphatic carbocycles. The summed E-state index contributed by atoms with van der Waals surface area (Å²) in [6.45, 7) is 1.40. The van der Waals surface area contributed by atoms with Crippen LogP contribution in [-0.4, -0.2) is 29.2 Å². The summed E-state index contributed by atoms with van der Waals surface area (Å²) in [4.78, 5) is 37.7. The minimum atomic E-state index is -0.562.